The van der Waals surface area contributed by atoms with Crippen LogP contribution in [0.15, 0.2) is 18.0 Å². The topological polar surface area (TPSA) is 318 Å². The van der Waals surface area contributed by atoms with Gasteiger partial charge in [0.2, 0.25) is 0 Å². The minimum Gasteiger partial charge on any atom is -0.387 e. The fourth-order valence-corrected chi connectivity index (χ4v) is 7.95. The van der Waals surface area contributed by atoms with Crippen LogP contribution < -0.4 is 11.5 Å². The number of primary amides is 1. The highest BCUT2D eigenvalue weighted by molar-refractivity contribution is 7.72. The third-order valence-electron chi connectivity index (χ3n) is 6.89. The van der Waals surface area contributed by atoms with Crippen LogP contribution in [0.3, 0.4) is 0 Å². The molecule has 0 saturated carbocycles. The number of aliphatic hydroxyl groups is 4. The predicted molar refractivity (Wildman–Crippen MR) is 142 cm³/mol. The summed E-state index contributed by atoms with van der Waals surface area (Å²) in [5, 5.41) is 37.1. The number of imidazole rings is 1. The van der Waals surface area contributed by atoms with Crippen molar-refractivity contribution < 1.29 is 71.4 Å². The largest absolute Gasteiger partial charge is 0.443 e. The number of thiazole rings is 1. The predicted octanol–water partition coefficient (Wildman–Crippen LogP) is -1.60. The average Bonchev–Trinajstić information content (AvgIpc) is 3.75. The monoisotopic (exact) mass is 703 g/mol. The number of fused-ring (bicyclic) bond motifs is 1. The van der Waals surface area contributed by atoms with E-state index in [0.717, 1.165) is 28.6 Å². The van der Waals surface area contributed by atoms with Gasteiger partial charge in [-0.15, -0.1) is 11.3 Å². The highest BCUT2D eigenvalue weighted by Gasteiger charge is 2.67. The van der Waals surface area contributed by atoms with Gasteiger partial charge in [-0.3, -0.25) is 18.5 Å². The van der Waals surface area contributed by atoms with E-state index in [1.807, 2.05) is 0 Å². The normalized spacial score (nSPS) is 31.6. The smallest absolute Gasteiger partial charge is 0.387 e. The first-order valence-electron chi connectivity index (χ1n) is 12.5. The maximum atomic E-state index is 14.9. The number of rotatable bonds is 11. The molecule has 10 atom stereocenters. The summed E-state index contributed by atoms with van der Waals surface area (Å²) in [6.07, 6.45) is -11.3. The van der Waals surface area contributed by atoms with E-state index in [9.17, 15) is 52.9 Å². The molecule has 2 fully saturated rings. The lowest BCUT2D eigenvalue weighted by Gasteiger charge is -2.27. The Morgan fingerprint density at radius 1 is 1.00 bits per heavy atom. The Morgan fingerprint density at radius 2 is 1.60 bits per heavy atom. The van der Waals surface area contributed by atoms with Crippen LogP contribution in [-0.2, 0) is 27.7 Å². The number of carbonyl (C=O) groups excluding carboxylic acids is 1. The Hall–Kier alpha value is -2.63. The number of amides is 1. The van der Waals surface area contributed by atoms with Crippen molar-refractivity contribution in [3.05, 3.63) is 28.7 Å². The van der Waals surface area contributed by atoms with Gasteiger partial charge >= 0.3 is 20.6 Å². The molecular weight excluding hydrogens is 678 g/mol. The van der Waals surface area contributed by atoms with Gasteiger partial charge in [-0.2, -0.15) is 8.78 Å². The molecule has 248 valence electrons. The number of anilines is 1. The lowest BCUT2D eigenvalue weighted by atomic mass is 10.1. The zero-order valence-corrected chi connectivity index (χ0v) is 24.9. The van der Waals surface area contributed by atoms with Gasteiger partial charge in [0.25, 0.3) is 5.91 Å². The van der Waals surface area contributed by atoms with E-state index in [2.05, 4.69) is 29.0 Å². The van der Waals surface area contributed by atoms with Crippen molar-refractivity contribution in [2.45, 2.75) is 54.4 Å². The van der Waals surface area contributed by atoms with Gasteiger partial charge in [-0.05, 0) is 0 Å². The molecule has 5 rings (SSSR count). The van der Waals surface area contributed by atoms with Crippen LogP contribution in [0.25, 0.3) is 11.2 Å². The summed E-state index contributed by atoms with van der Waals surface area (Å²) < 4.78 is 75.5. The fraction of sp³-hybridized carbons (Fsp3) is 0.550. The van der Waals surface area contributed by atoms with Gasteiger partial charge in [0.05, 0.1) is 19.5 Å². The van der Waals surface area contributed by atoms with E-state index in [1.54, 1.807) is 0 Å². The number of halogens is 2. The molecule has 2 unspecified atom stereocenters. The zero-order chi connectivity index (χ0) is 33.1. The summed E-state index contributed by atoms with van der Waals surface area (Å²) in [5.41, 5.74) is 10.8. The molecule has 2 saturated heterocycles. The third kappa shape index (κ3) is 6.00. The van der Waals surface area contributed by atoms with Crippen LogP contribution in [-0.4, -0.2) is 116 Å². The molecule has 45 heavy (non-hydrogen) atoms. The van der Waals surface area contributed by atoms with Gasteiger partial charge in [0.1, 0.15) is 65.3 Å². The molecule has 0 bridgehead atoms. The van der Waals surface area contributed by atoms with Crippen LogP contribution in [0, 0.1) is 0 Å². The summed E-state index contributed by atoms with van der Waals surface area (Å²) in [6, 6.07) is 0. The molecule has 0 aromatic carbocycles. The number of hydrogen-bond donors (Lipinski definition) is 8. The quantitative estimate of drug-likeness (QED) is 0.104. The molecule has 2 aliphatic rings. The van der Waals surface area contributed by atoms with Crippen molar-refractivity contribution in [1.29, 1.82) is 0 Å². The number of hydrogen-bond acceptors (Lipinski definition) is 17. The number of nitrogen functional groups attached to an aromatic ring is 1. The maximum absolute atomic E-state index is 14.9. The molecule has 3 aromatic heterocycles. The van der Waals surface area contributed by atoms with Gasteiger partial charge in [0, 0.05) is 5.38 Å². The zero-order valence-electron chi connectivity index (χ0n) is 22.3. The molecule has 25 heteroatoms. The number of alkyl halides is 2. The number of carbonyl (C=O) groups is 1. The van der Waals surface area contributed by atoms with Crippen LogP contribution in [0.4, 0.5) is 14.6 Å². The van der Waals surface area contributed by atoms with E-state index in [4.69, 9.17) is 20.9 Å². The average molecular weight is 703 g/mol. The molecular formula is C20H25F2N7O13P2S. The Bertz CT molecular complexity index is 1680. The first-order valence-corrected chi connectivity index (χ1v) is 16.5. The number of aliphatic hydroxyl groups excluding tert-OH is 4. The number of ether oxygens (including phenoxy) is 2. The minimum atomic E-state index is -6.40. The van der Waals surface area contributed by atoms with Crippen molar-refractivity contribution >= 4 is 49.4 Å². The van der Waals surface area contributed by atoms with Gasteiger partial charge in [-0.1, -0.05) is 0 Å². The van der Waals surface area contributed by atoms with Crippen molar-refractivity contribution in [3.8, 4) is 0 Å². The second kappa shape index (κ2) is 12.2. The first kappa shape index (κ1) is 33.7. The van der Waals surface area contributed by atoms with Gasteiger partial charge < -0.3 is 60.2 Å². The minimum absolute atomic E-state index is 0.0194. The summed E-state index contributed by atoms with van der Waals surface area (Å²) >= 11 is 0.812. The van der Waals surface area contributed by atoms with E-state index in [-0.39, 0.29) is 27.7 Å². The van der Waals surface area contributed by atoms with E-state index in [0.29, 0.717) is 0 Å². The first-order chi connectivity index (χ1) is 21.0. The lowest BCUT2D eigenvalue weighted by molar-refractivity contribution is -0.0513. The maximum Gasteiger partial charge on any atom is 0.443 e. The lowest BCUT2D eigenvalue weighted by Crippen LogP contribution is -2.35. The highest BCUT2D eigenvalue weighted by atomic mass is 32.1. The molecule has 5 heterocycles. The van der Waals surface area contributed by atoms with Crippen LogP contribution >= 0.6 is 26.5 Å². The van der Waals surface area contributed by atoms with Gasteiger partial charge in [-0.25, -0.2) is 19.9 Å². The standard InChI is InChI=1S/C20H25F2N7O13P2S/c21-20(22,43(35,36)39-1-7-10(30)12(32)14(41-7)18-28-6(3-45-18)16(24)34)44(37,38)40-2-8-11(31)13(33)19(42-8)29-5-27-9-15(23)25-4-26-17(9)29/h3-5,7-8,10-14,19,30-33H,1-2H2,(H2,24,34)(H,35,36)(H,37,38)(H2,23,25,26)/t7-,8+,10-,11+,12-,13+,14-,19+/m1/s1. The Labute approximate surface area is 253 Å². The van der Waals surface area contributed by atoms with E-state index < -0.39 is 88.7 Å². The Morgan fingerprint density at radius 3 is 2.20 bits per heavy atom. The van der Waals surface area contributed by atoms with E-state index in [1.165, 1.54) is 5.38 Å². The summed E-state index contributed by atoms with van der Waals surface area (Å²) in [7, 11) is -12.8. The second-order valence-electron chi connectivity index (χ2n) is 9.78. The molecule has 1 amide bonds. The molecule has 0 aliphatic carbocycles. The molecule has 0 spiro atoms. The van der Waals surface area contributed by atoms with Gasteiger partial charge in [0.15, 0.2) is 17.7 Å². The van der Waals surface area contributed by atoms with Crippen molar-refractivity contribution in [2.75, 3.05) is 18.9 Å². The van der Waals surface area contributed by atoms with Crippen molar-refractivity contribution in [2.24, 2.45) is 5.73 Å². The van der Waals surface area contributed by atoms with E-state index >= 15 is 0 Å². The number of nitrogens with zero attached hydrogens (tertiary/aromatic N) is 5. The highest BCUT2D eigenvalue weighted by Crippen LogP contribution is 2.75. The summed E-state index contributed by atoms with van der Waals surface area (Å²) in [5.74, 6) is -0.920. The summed E-state index contributed by atoms with van der Waals surface area (Å²) in [4.78, 5) is 46.7. The Balaban J connectivity index is 1.22. The molecule has 0 radical (unpaired) electrons. The SMILES string of the molecule is NC(=O)c1csc([C@@H]2O[C@H](COP(=O)(O)C(F)(F)P(=O)(O)OC[C@@H]3O[C@H](n4cnc5c(N)ncnc54)[C@@H](O)[C@H]3O)[C@@H](O)[C@H]2O)n1. The molecule has 2 aliphatic heterocycles. The third-order valence-corrected chi connectivity index (χ3v) is 11.7. The fourth-order valence-electron chi connectivity index (χ4n) is 4.44. The Kier molecular flexibility index (Phi) is 9.14. The van der Waals surface area contributed by atoms with Crippen molar-refractivity contribution in [3.63, 3.8) is 0 Å². The number of aromatic nitrogens is 5. The molecule has 10 N–H and O–H groups in total. The number of nitrogens with two attached hydrogens (primary N) is 2. The van der Waals surface area contributed by atoms with Crippen LogP contribution in [0.2, 0.25) is 0 Å². The van der Waals surface area contributed by atoms with Crippen LogP contribution in [0.5, 0.6) is 0 Å². The molecule has 3 aromatic rings. The second-order valence-corrected chi connectivity index (χ2v) is 14.7. The van der Waals surface area contributed by atoms with Crippen molar-refractivity contribution in [1.82, 2.24) is 24.5 Å². The van der Waals surface area contributed by atoms with Crippen LogP contribution in [0.1, 0.15) is 27.8 Å². The summed E-state index contributed by atoms with van der Waals surface area (Å²) in [6.45, 7) is -2.56. The molecule has 20 nitrogen and oxygen atoms in total.